The summed E-state index contributed by atoms with van der Waals surface area (Å²) in [5, 5.41) is 2.94. The number of benzene rings is 1. The lowest BCUT2D eigenvalue weighted by molar-refractivity contribution is -0.153. The normalized spacial score (nSPS) is 22.9. The summed E-state index contributed by atoms with van der Waals surface area (Å²) in [6.07, 6.45) is 4.01. The zero-order chi connectivity index (χ0) is 18.3. The third-order valence-electron chi connectivity index (χ3n) is 4.73. The molecule has 0 spiro atoms. The maximum atomic E-state index is 12.3. The molecule has 0 saturated heterocycles. The molecule has 1 aliphatic carbocycles. The maximum absolute atomic E-state index is 12.3. The molecule has 0 heterocycles. The van der Waals surface area contributed by atoms with Crippen molar-refractivity contribution in [3.05, 3.63) is 28.7 Å². The van der Waals surface area contributed by atoms with Crippen LogP contribution in [0.4, 0.5) is 0 Å². The first-order chi connectivity index (χ1) is 12.0. The van der Waals surface area contributed by atoms with Gasteiger partial charge in [0.15, 0.2) is 0 Å². The van der Waals surface area contributed by atoms with Gasteiger partial charge >= 0.3 is 5.97 Å². The van der Waals surface area contributed by atoms with E-state index in [1.807, 2.05) is 24.3 Å². The molecule has 0 aliphatic heterocycles. The average molecular weight is 412 g/mol. The number of carbonyl (C=O) groups excluding carboxylic acids is 2. The molecule has 138 valence electrons. The number of carbonyl (C=O) groups is 2. The molecule has 25 heavy (non-hydrogen) atoms. The third-order valence-corrected chi connectivity index (χ3v) is 5.38. The molecule has 1 fully saturated rings. The van der Waals surface area contributed by atoms with Gasteiger partial charge in [-0.3, -0.25) is 4.79 Å². The predicted octanol–water partition coefficient (Wildman–Crippen LogP) is 3.85. The number of hydrogen-bond donors (Lipinski definition) is 1. The van der Waals surface area contributed by atoms with Gasteiger partial charge in [-0.05, 0) is 66.1 Å². The minimum Gasteiger partial charge on any atom is -0.492 e. The van der Waals surface area contributed by atoms with Crippen LogP contribution in [0.5, 0.6) is 5.75 Å². The van der Waals surface area contributed by atoms with Crippen LogP contribution in [-0.2, 0) is 14.3 Å². The van der Waals surface area contributed by atoms with Crippen molar-refractivity contribution in [2.24, 2.45) is 5.92 Å². The standard InChI is InChI=1S/C19H26BrNO4/c1-14-9-11-19(12-10-14,18(23)24-2)21-17(22)8-5-13-25-16-7-4-3-6-15(16)20/h3-4,6-7,14H,5,8-13H2,1-2H3,(H,21,22). The minimum absolute atomic E-state index is 0.129. The van der Waals surface area contributed by atoms with Gasteiger partial charge in [-0.25, -0.2) is 4.79 Å². The molecule has 0 radical (unpaired) electrons. The first-order valence-corrected chi connectivity index (χ1v) is 9.53. The van der Waals surface area contributed by atoms with Crippen LogP contribution in [0.15, 0.2) is 28.7 Å². The summed E-state index contributed by atoms with van der Waals surface area (Å²) >= 11 is 3.42. The second-order valence-electron chi connectivity index (χ2n) is 6.69. The van der Waals surface area contributed by atoms with Crippen LogP contribution in [0, 0.1) is 5.92 Å². The van der Waals surface area contributed by atoms with Gasteiger partial charge in [0, 0.05) is 6.42 Å². The van der Waals surface area contributed by atoms with Crippen LogP contribution in [0.3, 0.4) is 0 Å². The Hall–Kier alpha value is -1.56. The van der Waals surface area contributed by atoms with Crippen molar-refractivity contribution in [3.63, 3.8) is 0 Å². The molecular weight excluding hydrogens is 386 g/mol. The van der Waals surface area contributed by atoms with Crippen molar-refractivity contribution < 1.29 is 19.1 Å². The van der Waals surface area contributed by atoms with Gasteiger partial charge in [-0.2, -0.15) is 0 Å². The Bertz CT molecular complexity index is 597. The van der Waals surface area contributed by atoms with Gasteiger partial charge in [0.2, 0.25) is 5.91 Å². The summed E-state index contributed by atoms with van der Waals surface area (Å²) in [5.41, 5.74) is -0.859. The number of amides is 1. The summed E-state index contributed by atoms with van der Waals surface area (Å²) in [5.74, 6) is 0.871. The fraction of sp³-hybridized carbons (Fsp3) is 0.579. The maximum Gasteiger partial charge on any atom is 0.331 e. The van der Waals surface area contributed by atoms with Gasteiger partial charge in [-0.1, -0.05) is 19.1 Å². The van der Waals surface area contributed by atoms with Crippen molar-refractivity contribution >= 4 is 27.8 Å². The zero-order valence-electron chi connectivity index (χ0n) is 14.8. The number of methoxy groups -OCH3 is 1. The second-order valence-corrected chi connectivity index (χ2v) is 7.54. The van der Waals surface area contributed by atoms with Crippen LogP contribution in [0.2, 0.25) is 0 Å². The Morgan fingerprint density at radius 3 is 2.60 bits per heavy atom. The smallest absolute Gasteiger partial charge is 0.331 e. The second kappa shape index (κ2) is 9.22. The van der Waals surface area contributed by atoms with E-state index in [4.69, 9.17) is 9.47 Å². The highest BCUT2D eigenvalue weighted by atomic mass is 79.9. The first kappa shape index (κ1) is 19.8. The van der Waals surface area contributed by atoms with Crippen LogP contribution in [0.25, 0.3) is 0 Å². The number of halogens is 1. The van der Waals surface area contributed by atoms with E-state index in [2.05, 4.69) is 28.2 Å². The summed E-state index contributed by atoms with van der Waals surface area (Å²) < 4.78 is 11.5. The number of para-hydroxylation sites is 1. The van der Waals surface area contributed by atoms with Crippen molar-refractivity contribution in [1.29, 1.82) is 0 Å². The molecule has 0 aromatic heterocycles. The summed E-state index contributed by atoms with van der Waals surface area (Å²) in [6, 6.07) is 7.60. The third kappa shape index (κ3) is 5.46. The molecule has 5 nitrogen and oxygen atoms in total. The molecule has 1 aromatic rings. The Balaban J connectivity index is 1.81. The molecule has 0 unspecified atom stereocenters. The van der Waals surface area contributed by atoms with Gasteiger partial charge in [0.1, 0.15) is 11.3 Å². The van der Waals surface area contributed by atoms with Crippen molar-refractivity contribution in [2.75, 3.05) is 13.7 Å². The lowest BCUT2D eigenvalue weighted by Crippen LogP contribution is -2.56. The van der Waals surface area contributed by atoms with Gasteiger partial charge in [-0.15, -0.1) is 0 Å². The Kier molecular flexibility index (Phi) is 7.29. The van der Waals surface area contributed by atoms with E-state index in [9.17, 15) is 9.59 Å². The number of hydrogen-bond acceptors (Lipinski definition) is 4. The van der Waals surface area contributed by atoms with E-state index in [0.717, 1.165) is 23.1 Å². The predicted molar refractivity (Wildman–Crippen MR) is 99.4 cm³/mol. The van der Waals surface area contributed by atoms with E-state index in [1.54, 1.807) is 0 Å². The lowest BCUT2D eigenvalue weighted by atomic mass is 9.77. The highest BCUT2D eigenvalue weighted by molar-refractivity contribution is 9.10. The monoisotopic (exact) mass is 411 g/mol. The van der Waals surface area contributed by atoms with Crippen molar-refractivity contribution in [2.45, 2.75) is 51.0 Å². The Morgan fingerprint density at radius 2 is 1.96 bits per heavy atom. The number of esters is 1. The Labute approximate surface area is 157 Å². The fourth-order valence-electron chi connectivity index (χ4n) is 3.14. The van der Waals surface area contributed by atoms with Gasteiger partial charge < -0.3 is 14.8 Å². The average Bonchev–Trinajstić information content (AvgIpc) is 2.61. The Morgan fingerprint density at radius 1 is 1.28 bits per heavy atom. The molecule has 1 aliphatic rings. The summed E-state index contributed by atoms with van der Waals surface area (Å²) in [6.45, 7) is 2.61. The molecule has 6 heteroatoms. The fourth-order valence-corrected chi connectivity index (χ4v) is 3.54. The SMILES string of the molecule is COC(=O)C1(NC(=O)CCCOc2ccccc2Br)CCC(C)CC1. The topological polar surface area (TPSA) is 64.6 Å². The zero-order valence-corrected chi connectivity index (χ0v) is 16.4. The first-order valence-electron chi connectivity index (χ1n) is 8.73. The van der Waals surface area contributed by atoms with E-state index in [0.29, 0.717) is 38.2 Å². The minimum atomic E-state index is -0.859. The number of rotatable bonds is 7. The van der Waals surface area contributed by atoms with Crippen molar-refractivity contribution in [1.82, 2.24) is 5.32 Å². The largest absolute Gasteiger partial charge is 0.492 e. The number of ether oxygens (including phenoxy) is 2. The van der Waals surface area contributed by atoms with Gasteiger partial charge in [0.25, 0.3) is 0 Å². The molecule has 0 atom stereocenters. The van der Waals surface area contributed by atoms with Crippen molar-refractivity contribution in [3.8, 4) is 5.75 Å². The highest BCUT2D eigenvalue weighted by Crippen LogP contribution is 2.33. The van der Waals surface area contributed by atoms with Gasteiger partial charge in [0.05, 0.1) is 18.2 Å². The van der Waals surface area contributed by atoms with E-state index < -0.39 is 5.54 Å². The van der Waals surface area contributed by atoms with Crippen LogP contribution >= 0.6 is 15.9 Å². The van der Waals surface area contributed by atoms with Crippen LogP contribution < -0.4 is 10.1 Å². The summed E-state index contributed by atoms with van der Waals surface area (Å²) in [7, 11) is 1.37. The number of nitrogens with one attached hydrogen (secondary N) is 1. The summed E-state index contributed by atoms with van der Waals surface area (Å²) in [4.78, 5) is 24.5. The molecule has 1 aromatic carbocycles. The lowest BCUT2D eigenvalue weighted by Gasteiger charge is -2.37. The van der Waals surface area contributed by atoms with E-state index >= 15 is 0 Å². The van der Waals surface area contributed by atoms with E-state index in [1.165, 1.54) is 7.11 Å². The van der Waals surface area contributed by atoms with Crippen LogP contribution in [-0.4, -0.2) is 31.1 Å². The van der Waals surface area contributed by atoms with E-state index in [-0.39, 0.29) is 11.9 Å². The quantitative estimate of drug-likeness (QED) is 0.546. The molecule has 2 rings (SSSR count). The molecular formula is C19H26BrNO4. The molecule has 0 bridgehead atoms. The molecule has 1 amide bonds. The molecule has 1 N–H and O–H groups in total. The molecule has 1 saturated carbocycles. The highest BCUT2D eigenvalue weighted by Gasteiger charge is 2.43. The van der Waals surface area contributed by atoms with Crippen LogP contribution in [0.1, 0.15) is 45.4 Å².